The third kappa shape index (κ3) is 3.72. The number of allylic oxidation sites excluding steroid dienone is 1. The summed E-state index contributed by atoms with van der Waals surface area (Å²) in [5, 5.41) is 0. The Hall–Kier alpha value is -3.81. The second-order valence-corrected chi connectivity index (χ2v) is 6.53. The van der Waals surface area contributed by atoms with Gasteiger partial charge in [-0.05, 0) is 37.3 Å². The summed E-state index contributed by atoms with van der Waals surface area (Å²) in [7, 11) is 5.61. The smallest absolute Gasteiger partial charge is 0.340 e. The molecular formula is C23H22FNO6. The molecule has 1 aliphatic rings. The van der Waals surface area contributed by atoms with E-state index in [1.165, 1.54) is 52.7 Å². The van der Waals surface area contributed by atoms with E-state index >= 15 is 0 Å². The van der Waals surface area contributed by atoms with Gasteiger partial charge in [-0.25, -0.2) is 9.18 Å². The number of amides is 1. The number of hydrogen-bond donors (Lipinski definition) is 0. The van der Waals surface area contributed by atoms with Gasteiger partial charge in [0.15, 0.2) is 11.5 Å². The van der Waals surface area contributed by atoms with Crippen molar-refractivity contribution in [1.29, 1.82) is 0 Å². The summed E-state index contributed by atoms with van der Waals surface area (Å²) in [4.78, 5) is 27.0. The molecule has 2 aromatic carbocycles. The molecule has 1 aliphatic heterocycles. The third-order valence-electron chi connectivity index (χ3n) is 4.92. The van der Waals surface area contributed by atoms with Crippen LogP contribution in [0.4, 0.5) is 10.1 Å². The maximum atomic E-state index is 14.5. The van der Waals surface area contributed by atoms with Crippen LogP contribution in [0.3, 0.4) is 0 Å². The zero-order valence-electron chi connectivity index (χ0n) is 17.8. The minimum atomic E-state index is -0.713. The van der Waals surface area contributed by atoms with Crippen LogP contribution in [-0.2, 0) is 14.3 Å². The second kappa shape index (κ2) is 8.91. The van der Waals surface area contributed by atoms with Gasteiger partial charge in [0, 0.05) is 11.3 Å². The van der Waals surface area contributed by atoms with E-state index in [1.54, 1.807) is 25.1 Å². The molecule has 0 N–H and O–H groups in total. The summed E-state index contributed by atoms with van der Waals surface area (Å²) < 4.78 is 35.5. The van der Waals surface area contributed by atoms with Crippen molar-refractivity contribution in [3.05, 3.63) is 64.6 Å². The Bertz CT molecular complexity index is 1110. The van der Waals surface area contributed by atoms with E-state index in [9.17, 15) is 14.0 Å². The number of para-hydroxylation sites is 1. The predicted molar refractivity (Wildman–Crippen MR) is 113 cm³/mol. The number of anilines is 1. The van der Waals surface area contributed by atoms with Gasteiger partial charge in [-0.2, -0.15) is 0 Å². The third-order valence-corrected chi connectivity index (χ3v) is 4.92. The van der Waals surface area contributed by atoms with Crippen molar-refractivity contribution in [3.63, 3.8) is 0 Å². The van der Waals surface area contributed by atoms with Gasteiger partial charge in [0.05, 0.1) is 45.3 Å². The first kappa shape index (κ1) is 21.9. The number of methoxy groups -OCH3 is 4. The normalized spacial score (nSPS) is 14.8. The zero-order valence-corrected chi connectivity index (χ0v) is 17.8. The van der Waals surface area contributed by atoms with Crippen molar-refractivity contribution in [2.24, 2.45) is 0 Å². The predicted octanol–water partition coefficient (Wildman–Crippen LogP) is 3.73. The highest BCUT2D eigenvalue weighted by Gasteiger charge is 2.39. The van der Waals surface area contributed by atoms with E-state index in [4.69, 9.17) is 18.9 Å². The van der Waals surface area contributed by atoms with Crippen LogP contribution in [0.1, 0.15) is 12.5 Å². The lowest BCUT2D eigenvalue weighted by Crippen LogP contribution is -2.25. The van der Waals surface area contributed by atoms with Crippen molar-refractivity contribution in [2.75, 3.05) is 33.3 Å². The van der Waals surface area contributed by atoms with Crippen LogP contribution in [0.5, 0.6) is 17.2 Å². The molecule has 0 saturated heterocycles. The molecule has 8 heteroatoms. The molecule has 1 amide bonds. The van der Waals surface area contributed by atoms with Gasteiger partial charge >= 0.3 is 5.97 Å². The molecule has 162 valence electrons. The van der Waals surface area contributed by atoms with Crippen LogP contribution in [0, 0.1) is 5.82 Å². The van der Waals surface area contributed by atoms with Gasteiger partial charge in [0.25, 0.3) is 5.91 Å². The van der Waals surface area contributed by atoms with Crippen LogP contribution >= 0.6 is 0 Å². The highest BCUT2D eigenvalue weighted by atomic mass is 19.1. The number of benzene rings is 2. The maximum Gasteiger partial charge on any atom is 0.340 e. The zero-order chi connectivity index (χ0) is 22.7. The van der Waals surface area contributed by atoms with E-state index < -0.39 is 17.7 Å². The van der Waals surface area contributed by atoms with Crippen LogP contribution in [0.25, 0.3) is 6.08 Å². The standard InChI is InChI=1S/C23H22FNO6/c1-13-19(23(27)31-5)15(22(26)25(13)17-9-7-6-8-16(17)24)12-14-10-11-18(28-2)21(30-4)20(14)29-3/h6-12H,1-5H3/b15-12-. The van der Waals surface area contributed by atoms with E-state index in [2.05, 4.69) is 0 Å². The molecule has 0 fully saturated rings. The number of rotatable bonds is 6. The fraction of sp³-hybridized carbons (Fsp3) is 0.217. The van der Waals surface area contributed by atoms with E-state index in [0.29, 0.717) is 22.8 Å². The minimum Gasteiger partial charge on any atom is -0.493 e. The molecule has 0 aromatic heterocycles. The molecule has 0 radical (unpaired) electrons. The summed E-state index contributed by atoms with van der Waals surface area (Å²) in [6.45, 7) is 1.56. The largest absolute Gasteiger partial charge is 0.493 e. The molecule has 0 bridgehead atoms. The van der Waals surface area contributed by atoms with Crippen LogP contribution in [0.2, 0.25) is 0 Å². The van der Waals surface area contributed by atoms with Crippen molar-refractivity contribution in [3.8, 4) is 17.2 Å². The summed E-state index contributed by atoms with van der Waals surface area (Å²) in [5.74, 6) is -0.795. The molecule has 2 aromatic rings. The molecule has 0 unspecified atom stereocenters. The quantitative estimate of drug-likeness (QED) is 0.517. The van der Waals surface area contributed by atoms with Gasteiger partial charge in [0.1, 0.15) is 5.82 Å². The Morgan fingerprint density at radius 1 is 0.968 bits per heavy atom. The lowest BCUT2D eigenvalue weighted by molar-refractivity contribution is -0.136. The Balaban J connectivity index is 2.23. The Kier molecular flexibility index (Phi) is 6.29. The first-order chi connectivity index (χ1) is 14.9. The molecule has 3 rings (SSSR count). The molecule has 0 spiro atoms. The SMILES string of the molecule is COC(=O)C1=C(C)N(c2ccccc2F)C(=O)/C1=C\c1ccc(OC)c(OC)c1OC. The number of esters is 1. The molecular weight excluding hydrogens is 405 g/mol. The Morgan fingerprint density at radius 3 is 2.23 bits per heavy atom. The Morgan fingerprint density at radius 2 is 1.65 bits per heavy atom. The van der Waals surface area contributed by atoms with Gasteiger partial charge in [-0.1, -0.05) is 12.1 Å². The van der Waals surface area contributed by atoms with Crippen molar-refractivity contribution < 1.29 is 32.9 Å². The van der Waals surface area contributed by atoms with Crippen LogP contribution < -0.4 is 19.1 Å². The molecule has 0 aliphatic carbocycles. The van der Waals surface area contributed by atoms with Gasteiger partial charge in [0.2, 0.25) is 5.75 Å². The lowest BCUT2D eigenvalue weighted by atomic mass is 10.0. The fourth-order valence-electron chi connectivity index (χ4n) is 3.50. The van der Waals surface area contributed by atoms with Gasteiger partial charge in [-0.3, -0.25) is 9.69 Å². The van der Waals surface area contributed by atoms with Crippen molar-refractivity contribution >= 4 is 23.6 Å². The first-order valence-corrected chi connectivity index (χ1v) is 9.28. The number of carbonyl (C=O) groups is 2. The van der Waals surface area contributed by atoms with Crippen LogP contribution in [0.15, 0.2) is 53.2 Å². The molecule has 0 atom stereocenters. The number of halogens is 1. The van der Waals surface area contributed by atoms with E-state index in [0.717, 1.165) is 4.90 Å². The summed E-state index contributed by atoms with van der Waals surface area (Å²) in [6.07, 6.45) is 1.49. The summed E-state index contributed by atoms with van der Waals surface area (Å²) >= 11 is 0. The van der Waals surface area contributed by atoms with Crippen molar-refractivity contribution in [1.82, 2.24) is 0 Å². The van der Waals surface area contributed by atoms with E-state index in [1.807, 2.05) is 0 Å². The summed E-state index contributed by atoms with van der Waals surface area (Å²) in [5.41, 5.74) is 0.834. The Labute approximate surface area is 179 Å². The first-order valence-electron chi connectivity index (χ1n) is 9.28. The van der Waals surface area contributed by atoms with Gasteiger partial charge < -0.3 is 18.9 Å². The van der Waals surface area contributed by atoms with Crippen molar-refractivity contribution in [2.45, 2.75) is 6.92 Å². The average molecular weight is 427 g/mol. The van der Waals surface area contributed by atoms with Crippen LogP contribution in [-0.4, -0.2) is 40.3 Å². The monoisotopic (exact) mass is 427 g/mol. The average Bonchev–Trinajstić information content (AvgIpc) is 3.02. The molecule has 7 nitrogen and oxygen atoms in total. The molecule has 1 heterocycles. The molecule has 31 heavy (non-hydrogen) atoms. The number of ether oxygens (including phenoxy) is 4. The highest BCUT2D eigenvalue weighted by molar-refractivity contribution is 6.24. The fourth-order valence-corrected chi connectivity index (χ4v) is 3.50. The van der Waals surface area contributed by atoms with E-state index in [-0.39, 0.29) is 22.5 Å². The number of carbonyl (C=O) groups excluding carboxylic acids is 2. The number of nitrogens with zero attached hydrogens (tertiary/aromatic N) is 1. The van der Waals surface area contributed by atoms with Gasteiger partial charge in [-0.15, -0.1) is 0 Å². The molecule has 0 saturated carbocycles. The second-order valence-electron chi connectivity index (χ2n) is 6.53. The lowest BCUT2D eigenvalue weighted by Gasteiger charge is -2.18. The maximum absolute atomic E-state index is 14.5. The summed E-state index contributed by atoms with van der Waals surface area (Å²) in [6, 6.07) is 9.14. The highest BCUT2D eigenvalue weighted by Crippen LogP contribution is 2.42. The number of hydrogen-bond acceptors (Lipinski definition) is 6. The topological polar surface area (TPSA) is 74.3 Å². The minimum absolute atomic E-state index is 0.0348.